The Morgan fingerprint density at radius 3 is 2.19 bits per heavy atom. The number of nitrogens with zero attached hydrogens (tertiary/aromatic N) is 2. The number of hydrogen-bond acceptors (Lipinski definition) is 3. The standard InChI is InChI=1S/C18H10Cl2F2N2O3/c19-12-5-10-11(6-13(12)20)18(27)24(17(10)26)7-16(25)23-2-1-9-14(22)3-8(21)4-15(9)23/h3-6H,1-2,7H2. The molecule has 0 radical (unpaired) electrons. The summed E-state index contributed by atoms with van der Waals surface area (Å²) >= 11 is 11.8. The minimum atomic E-state index is -0.809. The predicted octanol–water partition coefficient (Wildman–Crippen LogP) is 3.46. The number of rotatable bonds is 2. The fourth-order valence-electron chi connectivity index (χ4n) is 3.33. The SMILES string of the molecule is O=C1c2cc(Cl)c(Cl)cc2C(=O)N1CC(=O)N1CCc2c(F)cc(F)cc21. The smallest absolute Gasteiger partial charge is 0.262 e. The Hall–Kier alpha value is -2.51. The molecule has 0 saturated heterocycles. The Morgan fingerprint density at radius 1 is 1.00 bits per heavy atom. The van der Waals surface area contributed by atoms with Gasteiger partial charge in [-0.3, -0.25) is 19.3 Å². The van der Waals surface area contributed by atoms with Crippen molar-refractivity contribution in [1.29, 1.82) is 0 Å². The molecule has 0 atom stereocenters. The molecule has 0 bridgehead atoms. The molecule has 2 heterocycles. The maximum atomic E-state index is 13.9. The minimum absolute atomic E-state index is 0.0566. The molecule has 138 valence electrons. The molecule has 0 N–H and O–H groups in total. The molecule has 0 unspecified atom stereocenters. The van der Waals surface area contributed by atoms with Crippen molar-refractivity contribution in [2.45, 2.75) is 6.42 Å². The van der Waals surface area contributed by atoms with Crippen molar-refractivity contribution < 1.29 is 23.2 Å². The molecular formula is C18H10Cl2F2N2O3. The van der Waals surface area contributed by atoms with Gasteiger partial charge in [0.2, 0.25) is 5.91 Å². The van der Waals surface area contributed by atoms with E-state index in [9.17, 15) is 23.2 Å². The molecule has 0 aromatic heterocycles. The highest BCUT2D eigenvalue weighted by molar-refractivity contribution is 6.43. The number of fused-ring (bicyclic) bond motifs is 2. The van der Waals surface area contributed by atoms with E-state index in [2.05, 4.69) is 0 Å². The molecule has 5 nitrogen and oxygen atoms in total. The second-order valence-corrected chi connectivity index (χ2v) is 7.00. The minimum Gasteiger partial charge on any atom is -0.310 e. The molecule has 0 saturated carbocycles. The van der Waals surface area contributed by atoms with E-state index in [0.29, 0.717) is 0 Å². The van der Waals surface area contributed by atoms with Crippen LogP contribution in [0.2, 0.25) is 10.0 Å². The third kappa shape index (κ3) is 2.78. The average Bonchev–Trinajstić information content (AvgIpc) is 3.12. The largest absolute Gasteiger partial charge is 0.310 e. The number of carbonyl (C=O) groups excluding carboxylic acids is 3. The van der Waals surface area contributed by atoms with Crippen LogP contribution in [0.25, 0.3) is 0 Å². The van der Waals surface area contributed by atoms with Crippen molar-refractivity contribution in [3.8, 4) is 0 Å². The van der Waals surface area contributed by atoms with Crippen LogP contribution in [-0.2, 0) is 11.2 Å². The van der Waals surface area contributed by atoms with Gasteiger partial charge in [-0.15, -0.1) is 0 Å². The zero-order valence-corrected chi connectivity index (χ0v) is 15.1. The van der Waals surface area contributed by atoms with Crippen LogP contribution in [0.15, 0.2) is 24.3 Å². The quantitative estimate of drug-likeness (QED) is 0.712. The van der Waals surface area contributed by atoms with Gasteiger partial charge < -0.3 is 4.90 Å². The second kappa shape index (κ2) is 6.28. The molecule has 0 spiro atoms. The summed E-state index contributed by atoms with van der Waals surface area (Å²) in [6.07, 6.45) is 0.223. The van der Waals surface area contributed by atoms with Gasteiger partial charge in [-0.05, 0) is 24.6 Å². The monoisotopic (exact) mass is 410 g/mol. The lowest BCUT2D eigenvalue weighted by molar-refractivity contribution is -0.118. The highest BCUT2D eigenvalue weighted by Gasteiger charge is 2.39. The van der Waals surface area contributed by atoms with E-state index in [1.807, 2.05) is 0 Å². The van der Waals surface area contributed by atoms with Crippen LogP contribution in [0.4, 0.5) is 14.5 Å². The van der Waals surface area contributed by atoms with E-state index in [4.69, 9.17) is 23.2 Å². The van der Waals surface area contributed by atoms with Gasteiger partial charge in [-0.25, -0.2) is 8.78 Å². The molecule has 2 aliphatic heterocycles. The molecule has 3 amide bonds. The summed E-state index contributed by atoms with van der Waals surface area (Å²) in [6.45, 7) is -0.422. The fraction of sp³-hybridized carbons (Fsp3) is 0.167. The summed E-state index contributed by atoms with van der Waals surface area (Å²) in [5, 5.41) is 0.230. The molecule has 4 rings (SSSR count). The molecule has 2 aromatic rings. The van der Waals surface area contributed by atoms with Crippen LogP contribution in [0.5, 0.6) is 0 Å². The van der Waals surface area contributed by atoms with Gasteiger partial charge >= 0.3 is 0 Å². The summed E-state index contributed by atoms with van der Waals surface area (Å²) < 4.78 is 27.4. The Labute approximate surface area is 162 Å². The zero-order valence-electron chi connectivity index (χ0n) is 13.6. The maximum absolute atomic E-state index is 13.9. The lowest BCUT2D eigenvalue weighted by atomic mass is 10.1. The first-order valence-electron chi connectivity index (χ1n) is 7.91. The van der Waals surface area contributed by atoms with Crippen molar-refractivity contribution >= 4 is 46.6 Å². The first-order valence-corrected chi connectivity index (χ1v) is 8.67. The molecule has 0 fully saturated rings. The van der Waals surface area contributed by atoms with Crippen LogP contribution < -0.4 is 4.90 Å². The first-order chi connectivity index (χ1) is 12.8. The zero-order chi connectivity index (χ0) is 19.5. The first kappa shape index (κ1) is 17.9. The van der Waals surface area contributed by atoms with Crippen molar-refractivity contribution in [2.24, 2.45) is 0 Å². The number of carbonyl (C=O) groups is 3. The van der Waals surface area contributed by atoms with Gasteiger partial charge in [-0.2, -0.15) is 0 Å². The number of hydrogen-bond donors (Lipinski definition) is 0. The number of amides is 3. The Bertz CT molecular complexity index is 1000. The topological polar surface area (TPSA) is 57.7 Å². The Morgan fingerprint density at radius 2 is 1.59 bits per heavy atom. The lowest BCUT2D eigenvalue weighted by Gasteiger charge is -2.21. The summed E-state index contributed by atoms with van der Waals surface area (Å²) in [7, 11) is 0. The predicted molar refractivity (Wildman–Crippen MR) is 94.2 cm³/mol. The van der Waals surface area contributed by atoms with Gasteiger partial charge in [0.25, 0.3) is 11.8 Å². The van der Waals surface area contributed by atoms with Gasteiger partial charge in [0.05, 0.1) is 26.9 Å². The Balaban J connectivity index is 1.61. The van der Waals surface area contributed by atoms with E-state index in [1.54, 1.807) is 0 Å². The fourth-order valence-corrected chi connectivity index (χ4v) is 3.66. The van der Waals surface area contributed by atoms with E-state index in [1.165, 1.54) is 17.0 Å². The van der Waals surface area contributed by atoms with Crippen molar-refractivity contribution in [3.05, 3.63) is 62.6 Å². The third-order valence-corrected chi connectivity index (χ3v) is 5.34. The molecule has 2 aliphatic rings. The van der Waals surface area contributed by atoms with E-state index < -0.39 is 35.9 Å². The molecule has 2 aromatic carbocycles. The van der Waals surface area contributed by atoms with E-state index in [0.717, 1.165) is 17.0 Å². The molecule has 27 heavy (non-hydrogen) atoms. The molecule has 0 aliphatic carbocycles. The second-order valence-electron chi connectivity index (χ2n) is 6.19. The Kier molecular flexibility index (Phi) is 4.16. The van der Waals surface area contributed by atoms with Gasteiger partial charge in [-0.1, -0.05) is 23.2 Å². The normalized spacial score (nSPS) is 15.4. The maximum Gasteiger partial charge on any atom is 0.262 e. The van der Waals surface area contributed by atoms with Crippen molar-refractivity contribution in [2.75, 3.05) is 18.0 Å². The molecule has 9 heteroatoms. The summed E-state index contributed by atoms with van der Waals surface area (Å²) in [4.78, 5) is 39.6. The number of halogens is 4. The van der Waals surface area contributed by atoms with Crippen LogP contribution in [0, 0.1) is 11.6 Å². The van der Waals surface area contributed by atoms with Crippen LogP contribution in [-0.4, -0.2) is 35.7 Å². The van der Waals surface area contributed by atoms with Gasteiger partial charge in [0.15, 0.2) is 0 Å². The van der Waals surface area contributed by atoms with Crippen LogP contribution >= 0.6 is 23.2 Å². The third-order valence-electron chi connectivity index (χ3n) is 4.62. The summed E-state index contributed by atoms with van der Waals surface area (Å²) in [5.74, 6) is -3.51. The average molecular weight is 411 g/mol. The van der Waals surface area contributed by atoms with E-state index >= 15 is 0 Å². The van der Waals surface area contributed by atoms with Gasteiger partial charge in [0, 0.05) is 18.2 Å². The van der Waals surface area contributed by atoms with Crippen molar-refractivity contribution in [1.82, 2.24) is 4.90 Å². The number of anilines is 1. The highest BCUT2D eigenvalue weighted by Crippen LogP contribution is 2.33. The van der Waals surface area contributed by atoms with Crippen LogP contribution in [0.1, 0.15) is 26.3 Å². The van der Waals surface area contributed by atoms with Crippen LogP contribution in [0.3, 0.4) is 0 Å². The lowest BCUT2D eigenvalue weighted by Crippen LogP contribution is -2.42. The summed E-state index contributed by atoms with van der Waals surface area (Å²) in [6, 6.07) is 4.37. The molecular weight excluding hydrogens is 401 g/mol. The van der Waals surface area contributed by atoms with E-state index in [-0.39, 0.29) is 45.4 Å². The summed E-state index contributed by atoms with van der Waals surface area (Å²) in [5.41, 5.74) is 0.452. The van der Waals surface area contributed by atoms with Gasteiger partial charge in [0.1, 0.15) is 18.2 Å². The number of imide groups is 1. The highest BCUT2D eigenvalue weighted by atomic mass is 35.5. The number of benzene rings is 2. The van der Waals surface area contributed by atoms with Crippen molar-refractivity contribution in [3.63, 3.8) is 0 Å².